The summed E-state index contributed by atoms with van der Waals surface area (Å²) in [6.45, 7) is 5.18. The Balaban J connectivity index is 1.74. The minimum Gasteiger partial charge on any atom is -0.460 e. The number of aromatic nitrogens is 1. The molecule has 0 radical (unpaired) electrons. The summed E-state index contributed by atoms with van der Waals surface area (Å²) >= 11 is 7.59. The number of rotatable bonds is 5. The number of carbonyl (C=O) groups is 2. The topological polar surface area (TPSA) is 100.0 Å². The third-order valence-corrected chi connectivity index (χ3v) is 7.48. The normalized spacial score (nSPS) is 22.9. The summed E-state index contributed by atoms with van der Waals surface area (Å²) in [7, 11) is 0. The molecule has 1 fully saturated rings. The van der Waals surface area contributed by atoms with Crippen molar-refractivity contribution in [1.82, 2.24) is 4.98 Å². The molecule has 1 amide bonds. The Morgan fingerprint density at radius 2 is 1.78 bits per heavy atom. The second-order valence-electron chi connectivity index (χ2n) is 10.2. The summed E-state index contributed by atoms with van der Waals surface area (Å²) in [4.78, 5) is 33.1. The second kappa shape index (κ2) is 11.3. The largest absolute Gasteiger partial charge is 0.460 e. The van der Waals surface area contributed by atoms with E-state index in [1.165, 1.54) is 16.2 Å². The van der Waals surface area contributed by atoms with E-state index < -0.39 is 35.6 Å². The van der Waals surface area contributed by atoms with E-state index in [9.17, 15) is 19.8 Å². The van der Waals surface area contributed by atoms with Gasteiger partial charge >= 0.3 is 5.97 Å². The van der Waals surface area contributed by atoms with Gasteiger partial charge in [-0.25, -0.2) is 4.98 Å². The molecule has 9 heteroatoms. The number of anilines is 1. The molecule has 1 aliphatic rings. The average molecular weight is 543 g/mol. The molecule has 0 aliphatic carbocycles. The molecule has 37 heavy (non-hydrogen) atoms. The van der Waals surface area contributed by atoms with Crippen molar-refractivity contribution in [3.63, 3.8) is 0 Å². The summed E-state index contributed by atoms with van der Waals surface area (Å²) in [6, 6.07) is 16.6. The molecule has 3 aromatic rings. The number of thiazole rings is 1. The SMILES string of the molecule is CC(C)(C)OC(=O)C[C@@H]1C(=O)N(c2nc(-c3ccccc3Cl)cs2)C[C@H](O)[C@H](O)C[C@@H]1c1ccccc1. The molecule has 1 saturated heterocycles. The Morgan fingerprint density at radius 3 is 2.46 bits per heavy atom. The molecule has 196 valence electrons. The molecule has 2 aromatic carbocycles. The number of β-amino-alcohol motifs (C(OH)–C–C–N with tert-alkyl or cyclic N) is 1. The van der Waals surface area contributed by atoms with Gasteiger partial charge in [0.05, 0.1) is 36.8 Å². The van der Waals surface area contributed by atoms with Gasteiger partial charge in [-0.15, -0.1) is 11.3 Å². The van der Waals surface area contributed by atoms with Crippen LogP contribution in [0.4, 0.5) is 5.13 Å². The maximum atomic E-state index is 14.1. The molecule has 7 nitrogen and oxygen atoms in total. The van der Waals surface area contributed by atoms with Gasteiger partial charge in [0, 0.05) is 16.0 Å². The summed E-state index contributed by atoms with van der Waals surface area (Å²) < 4.78 is 5.56. The molecule has 0 unspecified atom stereocenters. The molecule has 1 aliphatic heterocycles. The third kappa shape index (κ3) is 6.57. The lowest BCUT2D eigenvalue weighted by Gasteiger charge is -2.37. The average Bonchev–Trinajstić information content (AvgIpc) is 3.32. The van der Waals surface area contributed by atoms with Gasteiger partial charge in [-0.2, -0.15) is 0 Å². The first-order valence-corrected chi connectivity index (χ1v) is 13.4. The minimum absolute atomic E-state index is 0.126. The van der Waals surface area contributed by atoms with Crippen LogP contribution >= 0.6 is 22.9 Å². The van der Waals surface area contributed by atoms with Crippen LogP contribution in [0.3, 0.4) is 0 Å². The first-order chi connectivity index (χ1) is 17.5. The first-order valence-electron chi connectivity index (χ1n) is 12.2. The van der Waals surface area contributed by atoms with Gasteiger partial charge in [-0.3, -0.25) is 14.5 Å². The Morgan fingerprint density at radius 1 is 1.11 bits per heavy atom. The zero-order chi connectivity index (χ0) is 26.7. The number of esters is 1. The number of carbonyl (C=O) groups excluding carboxylic acids is 2. The third-order valence-electron chi connectivity index (χ3n) is 6.29. The maximum absolute atomic E-state index is 14.1. The Labute approximate surface area is 225 Å². The molecule has 0 bridgehead atoms. The van der Waals surface area contributed by atoms with Crippen molar-refractivity contribution < 1.29 is 24.5 Å². The van der Waals surface area contributed by atoms with E-state index in [0.29, 0.717) is 15.8 Å². The predicted molar refractivity (Wildman–Crippen MR) is 145 cm³/mol. The molecule has 0 saturated carbocycles. The van der Waals surface area contributed by atoms with Crippen LogP contribution in [-0.2, 0) is 14.3 Å². The quantitative estimate of drug-likeness (QED) is 0.437. The van der Waals surface area contributed by atoms with Crippen molar-refractivity contribution in [1.29, 1.82) is 0 Å². The van der Waals surface area contributed by atoms with Gasteiger partial charge in [0.15, 0.2) is 5.13 Å². The highest BCUT2D eigenvalue weighted by Gasteiger charge is 2.42. The van der Waals surface area contributed by atoms with Crippen LogP contribution in [0.15, 0.2) is 60.0 Å². The van der Waals surface area contributed by atoms with Crippen molar-refractivity contribution in [2.45, 2.75) is 57.3 Å². The smallest absolute Gasteiger partial charge is 0.307 e. The van der Waals surface area contributed by atoms with E-state index in [1.54, 1.807) is 32.2 Å². The van der Waals surface area contributed by atoms with Gasteiger partial charge < -0.3 is 14.9 Å². The molecule has 4 rings (SSSR count). The predicted octanol–water partition coefficient (Wildman–Crippen LogP) is 5.05. The summed E-state index contributed by atoms with van der Waals surface area (Å²) in [5.74, 6) is -2.20. The van der Waals surface area contributed by atoms with Crippen molar-refractivity contribution >= 4 is 39.9 Å². The monoisotopic (exact) mass is 542 g/mol. The molecule has 2 N–H and O–H groups in total. The highest BCUT2D eigenvalue weighted by Crippen LogP contribution is 2.39. The van der Waals surface area contributed by atoms with Gasteiger partial charge in [-0.05, 0) is 44.7 Å². The first kappa shape index (κ1) is 27.3. The molecular weight excluding hydrogens is 512 g/mol. The van der Waals surface area contributed by atoms with Crippen molar-refractivity contribution in [2.75, 3.05) is 11.4 Å². The standard InChI is InChI=1S/C28H31ClN2O5S/c1-28(2,3)36-25(34)14-20-19(17-9-5-4-6-10-17)13-23(32)24(33)15-31(26(20)35)27-30-22(16-37-27)18-11-7-8-12-21(18)29/h4-12,16,19-20,23-24,32-33H,13-15H2,1-3H3/t19-,20+,23-,24+/m1/s1. The van der Waals surface area contributed by atoms with Crippen molar-refractivity contribution in [2.24, 2.45) is 5.92 Å². The number of hydrogen-bond acceptors (Lipinski definition) is 7. The lowest BCUT2D eigenvalue weighted by Crippen LogP contribution is -2.50. The maximum Gasteiger partial charge on any atom is 0.307 e. The van der Waals surface area contributed by atoms with Crippen LogP contribution in [0.1, 0.15) is 45.1 Å². The minimum atomic E-state index is -1.19. The van der Waals surface area contributed by atoms with Crippen LogP contribution in [0, 0.1) is 5.92 Å². The zero-order valence-corrected chi connectivity index (χ0v) is 22.6. The van der Waals surface area contributed by atoms with E-state index in [2.05, 4.69) is 4.98 Å². The zero-order valence-electron chi connectivity index (χ0n) is 21.0. The number of aliphatic hydroxyl groups is 2. The fourth-order valence-electron chi connectivity index (χ4n) is 4.57. The fourth-order valence-corrected chi connectivity index (χ4v) is 5.64. The number of benzene rings is 2. The number of ether oxygens (including phenoxy) is 1. The van der Waals surface area contributed by atoms with Crippen LogP contribution in [0.2, 0.25) is 5.02 Å². The van der Waals surface area contributed by atoms with Gasteiger partial charge in [0.25, 0.3) is 0 Å². The van der Waals surface area contributed by atoms with E-state index in [-0.39, 0.29) is 25.3 Å². The van der Waals surface area contributed by atoms with Gasteiger partial charge in [0.1, 0.15) is 5.60 Å². The van der Waals surface area contributed by atoms with E-state index in [4.69, 9.17) is 16.3 Å². The highest BCUT2D eigenvalue weighted by atomic mass is 35.5. The number of amides is 1. The Bertz CT molecular complexity index is 1240. The van der Waals surface area contributed by atoms with Crippen molar-refractivity contribution in [3.05, 3.63) is 70.6 Å². The molecule has 1 aromatic heterocycles. The number of hydrogen-bond donors (Lipinski definition) is 2. The molecule has 2 heterocycles. The van der Waals surface area contributed by atoms with Crippen LogP contribution < -0.4 is 4.90 Å². The van der Waals surface area contributed by atoms with E-state index in [0.717, 1.165) is 11.1 Å². The van der Waals surface area contributed by atoms with Crippen LogP contribution in [0.25, 0.3) is 11.3 Å². The molecule has 4 atom stereocenters. The van der Waals surface area contributed by atoms with E-state index >= 15 is 0 Å². The molecular formula is C28H31ClN2O5S. The van der Waals surface area contributed by atoms with Crippen molar-refractivity contribution in [3.8, 4) is 11.3 Å². The number of halogens is 1. The Hall–Kier alpha value is -2.78. The van der Waals surface area contributed by atoms with Crippen LogP contribution in [-0.4, -0.2) is 51.4 Å². The van der Waals surface area contributed by atoms with Gasteiger partial charge in [-0.1, -0.05) is 60.1 Å². The molecule has 0 spiro atoms. The summed E-state index contributed by atoms with van der Waals surface area (Å²) in [5.41, 5.74) is 1.41. The second-order valence-corrected chi connectivity index (χ2v) is 11.5. The lowest BCUT2D eigenvalue weighted by molar-refractivity contribution is -0.157. The lowest BCUT2D eigenvalue weighted by atomic mass is 9.77. The Kier molecular flexibility index (Phi) is 8.33. The fraction of sp³-hybridized carbons (Fsp3) is 0.393. The van der Waals surface area contributed by atoms with E-state index in [1.807, 2.05) is 48.5 Å². The number of nitrogens with zero attached hydrogens (tertiary/aromatic N) is 2. The van der Waals surface area contributed by atoms with Gasteiger partial charge in [0.2, 0.25) is 5.91 Å². The summed E-state index contributed by atoms with van der Waals surface area (Å²) in [5, 5.41) is 24.4. The highest BCUT2D eigenvalue weighted by molar-refractivity contribution is 7.14. The van der Waals surface area contributed by atoms with Crippen LogP contribution in [0.5, 0.6) is 0 Å². The summed E-state index contributed by atoms with van der Waals surface area (Å²) in [6.07, 6.45) is -2.34. The number of aliphatic hydroxyl groups excluding tert-OH is 2.